The zero-order valence-electron chi connectivity index (χ0n) is 10.6. The molecule has 0 spiro atoms. The van der Waals surface area contributed by atoms with E-state index in [0.29, 0.717) is 5.69 Å². The summed E-state index contributed by atoms with van der Waals surface area (Å²) in [4.78, 5) is 17.2. The summed E-state index contributed by atoms with van der Waals surface area (Å²) in [6.07, 6.45) is 3.22. The molecule has 1 amide bonds. The summed E-state index contributed by atoms with van der Waals surface area (Å²) in [7, 11) is 1.47. The fourth-order valence-electron chi connectivity index (χ4n) is 1.63. The third kappa shape index (κ3) is 3.53. The number of hydrogen-bond acceptors (Lipinski definition) is 2. The van der Waals surface area contributed by atoms with Gasteiger partial charge in [-0.25, -0.2) is 0 Å². The third-order valence-corrected chi connectivity index (χ3v) is 2.54. The van der Waals surface area contributed by atoms with Gasteiger partial charge in [0.15, 0.2) is 0 Å². The summed E-state index contributed by atoms with van der Waals surface area (Å²) in [5, 5.41) is 1.24. The molecular formula is C16H14NO2. The molecule has 0 heterocycles. The molecule has 0 aliphatic heterocycles. The molecule has 0 aliphatic rings. The van der Waals surface area contributed by atoms with Gasteiger partial charge in [-0.2, -0.15) is 5.06 Å². The molecule has 0 atom stereocenters. The molecule has 0 unspecified atom stereocenters. The van der Waals surface area contributed by atoms with E-state index >= 15 is 0 Å². The van der Waals surface area contributed by atoms with Gasteiger partial charge in [0.05, 0.1) is 12.8 Å². The molecule has 3 nitrogen and oxygen atoms in total. The van der Waals surface area contributed by atoms with Crippen LogP contribution in [0.2, 0.25) is 0 Å². The van der Waals surface area contributed by atoms with E-state index in [1.54, 1.807) is 18.2 Å². The molecule has 0 fully saturated rings. The molecule has 0 bridgehead atoms. The van der Waals surface area contributed by atoms with Gasteiger partial charge in [-0.05, 0) is 29.8 Å². The van der Waals surface area contributed by atoms with Crippen molar-refractivity contribution in [2.75, 3.05) is 12.2 Å². The first-order valence-corrected chi connectivity index (χ1v) is 5.88. The Labute approximate surface area is 112 Å². The minimum Gasteiger partial charge on any atom is -0.269 e. The van der Waals surface area contributed by atoms with E-state index in [4.69, 9.17) is 4.84 Å². The highest BCUT2D eigenvalue weighted by molar-refractivity contribution is 6.02. The monoisotopic (exact) mass is 252 g/mol. The van der Waals surface area contributed by atoms with Gasteiger partial charge in [0.1, 0.15) is 0 Å². The first-order chi connectivity index (χ1) is 9.31. The van der Waals surface area contributed by atoms with Crippen molar-refractivity contribution in [3.05, 3.63) is 72.3 Å². The molecule has 0 saturated carbocycles. The van der Waals surface area contributed by atoms with E-state index in [-0.39, 0.29) is 5.91 Å². The lowest BCUT2D eigenvalue weighted by molar-refractivity contribution is -0.120. The van der Waals surface area contributed by atoms with Gasteiger partial charge >= 0.3 is 0 Å². The number of carbonyl (C=O) groups excluding carboxylic acids is 1. The summed E-state index contributed by atoms with van der Waals surface area (Å²) < 4.78 is 0. The number of rotatable bonds is 4. The minimum absolute atomic E-state index is 0.235. The molecule has 0 saturated heterocycles. The number of hydroxylamine groups is 1. The second kappa shape index (κ2) is 6.52. The van der Waals surface area contributed by atoms with E-state index in [2.05, 4.69) is 6.07 Å². The predicted molar refractivity (Wildman–Crippen MR) is 75.2 cm³/mol. The second-order valence-corrected chi connectivity index (χ2v) is 3.82. The highest BCUT2D eigenvalue weighted by atomic mass is 16.7. The summed E-state index contributed by atoms with van der Waals surface area (Å²) in [5.41, 5.74) is 1.64. The first kappa shape index (κ1) is 13.1. The number of para-hydroxylation sites is 1. The predicted octanol–water partition coefficient (Wildman–Crippen LogP) is 3.09. The Kier molecular flexibility index (Phi) is 4.48. The van der Waals surface area contributed by atoms with Crippen LogP contribution in [0.3, 0.4) is 0 Å². The number of nitrogens with zero attached hydrogens (tertiary/aromatic N) is 1. The van der Waals surface area contributed by atoms with Gasteiger partial charge in [-0.3, -0.25) is 9.63 Å². The Morgan fingerprint density at radius 2 is 1.84 bits per heavy atom. The highest BCUT2D eigenvalue weighted by Gasteiger charge is 2.11. The van der Waals surface area contributed by atoms with Crippen molar-refractivity contribution in [2.45, 2.75) is 0 Å². The fraction of sp³-hybridized carbons (Fsp3) is 0.0625. The van der Waals surface area contributed by atoms with Gasteiger partial charge in [0.25, 0.3) is 5.91 Å². The highest BCUT2D eigenvalue weighted by Crippen LogP contribution is 2.14. The van der Waals surface area contributed by atoms with Crippen molar-refractivity contribution in [2.24, 2.45) is 0 Å². The van der Waals surface area contributed by atoms with Crippen LogP contribution in [0.15, 0.2) is 60.7 Å². The van der Waals surface area contributed by atoms with Crippen LogP contribution < -0.4 is 5.06 Å². The Morgan fingerprint density at radius 1 is 1.16 bits per heavy atom. The van der Waals surface area contributed by atoms with Crippen LogP contribution in [-0.4, -0.2) is 13.0 Å². The molecule has 1 radical (unpaired) electrons. The molecule has 19 heavy (non-hydrogen) atoms. The number of hydrogen-bond donors (Lipinski definition) is 0. The number of benzene rings is 2. The van der Waals surface area contributed by atoms with Crippen molar-refractivity contribution >= 4 is 17.7 Å². The van der Waals surface area contributed by atoms with E-state index < -0.39 is 0 Å². The smallest absolute Gasteiger partial charge is 0.269 e. The van der Waals surface area contributed by atoms with Crippen LogP contribution in [-0.2, 0) is 9.63 Å². The largest absolute Gasteiger partial charge is 0.274 e. The molecule has 95 valence electrons. The maximum Gasteiger partial charge on any atom is 0.274 e. The lowest BCUT2D eigenvalue weighted by Gasteiger charge is -2.17. The normalized spacial score (nSPS) is 10.6. The van der Waals surface area contributed by atoms with Crippen molar-refractivity contribution in [3.63, 3.8) is 0 Å². The zero-order valence-corrected chi connectivity index (χ0v) is 10.6. The average molecular weight is 252 g/mol. The second-order valence-electron chi connectivity index (χ2n) is 3.82. The average Bonchev–Trinajstić information content (AvgIpc) is 2.48. The lowest BCUT2D eigenvalue weighted by Crippen LogP contribution is -2.27. The van der Waals surface area contributed by atoms with Crippen molar-refractivity contribution < 1.29 is 9.63 Å². The summed E-state index contributed by atoms with van der Waals surface area (Å²) in [6.45, 7) is 0. The van der Waals surface area contributed by atoms with Gasteiger partial charge in [-0.15, -0.1) is 0 Å². The van der Waals surface area contributed by atoms with Gasteiger partial charge in [0, 0.05) is 6.08 Å². The van der Waals surface area contributed by atoms with E-state index in [1.165, 1.54) is 18.2 Å². The third-order valence-electron chi connectivity index (χ3n) is 2.54. The van der Waals surface area contributed by atoms with Gasteiger partial charge in [-0.1, -0.05) is 42.5 Å². The fourth-order valence-corrected chi connectivity index (χ4v) is 1.63. The number of amides is 1. The van der Waals surface area contributed by atoms with Crippen LogP contribution >= 0.6 is 0 Å². The zero-order chi connectivity index (χ0) is 13.5. The standard InChI is InChI=1S/C16H14NO2/c1-19-17(15-10-6-3-7-11-15)16(18)13-12-14-8-4-2-5-9-14/h3-13H,1H3. The molecule has 2 rings (SSSR count). The molecule has 0 aromatic heterocycles. The minimum atomic E-state index is -0.235. The Hall–Kier alpha value is -2.39. The van der Waals surface area contributed by atoms with Crippen molar-refractivity contribution in [3.8, 4) is 0 Å². The lowest BCUT2D eigenvalue weighted by atomic mass is 10.2. The van der Waals surface area contributed by atoms with E-state index in [0.717, 1.165) is 5.56 Å². The van der Waals surface area contributed by atoms with Crippen LogP contribution in [0.25, 0.3) is 6.08 Å². The van der Waals surface area contributed by atoms with Gasteiger partial charge < -0.3 is 0 Å². The molecule has 0 N–H and O–H groups in total. The van der Waals surface area contributed by atoms with Gasteiger partial charge in [0.2, 0.25) is 0 Å². The quantitative estimate of drug-likeness (QED) is 0.618. The maximum absolute atomic E-state index is 12.1. The molecular weight excluding hydrogens is 238 g/mol. The number of anilines is 1. The van der Waals surface area contributed by atoms with E-state index in [9.17, 15) is 4.79 Å². The van der Waals surface area contributed by atoms with E-state index in [1.807, 2.05) is 42.5 Å². The van der Waals surface area contributed by atoms with Crippen LogP contribution in [0, 0.1) is 6.07 Å². The molecule has 3 heteroatoms. The van der Waals surface area contributed by atoms with Crippen LogP contribution in [0.5, 0.6) is 0 Å². The molecule has 0 aliphatic carbocycles. The first-order valence-electron chi connectivity index (χ1n) is 5.88. The Morgan fingerprint density at radius 3 is 2.47 bits per heavy atom. The summed E-state index contributed by atoms with van der Waals surface area (Å²) in [5.74, 6) is -0.235. The Balaban J connectivity index is 2.12. The molecule has 2 aromatic carbocycles. The van der Waals surface area contributed by atoms with Crippen molar-refractivity contribution in [1.29, 1.82) is 0 Å². The maximum atomic E-state index is 12.1. The summed E-state index contributed by atoms with van der Waals surface area (Å²) >= 11 is 0. The SMILES string of the molecule is CON(C(=O)C=Cc1cc[c]cc1)c1ccccc1. The summed E-state index contributed by atoms with van der Waals surface area (Å²) in [6, 6.07) is 19.5. The topological polar surface area (TPSA) is 29.5 Å². The van der Waals surface area contributed by atoms with Crippen LogP contribution in [0.4, 0.5) is 5.69 Å². The van der Waals surface area contributed by atoms with Crippen LogP contribution in [0.1, 0.15) is 5.56 Å². The Bertz CT molecular complexity index is 549. The van der Waals surface area contributed by atoms with Crippen molar-refractivity contribution in [1.82, 2.24) is 0 Å². The molecule has 2 aromatic rings. The number of carbonyl (C=O) groups is 1.